The summed E-state index contributed by atoms with van der Waals surface area (Å²) >= 11 is 0. The van der Waals surface area contributed by atoms with E-state index < -0.39 is 0 Å². The fourth-order valence-electron chi connectivity index (χ4n) is 3.73. The molecule has 152 valence electrons. The topological polar surface area (TPSA) is 65.0 Å². The quantitative estimate of drug-likeness (QED) is 0.695. The number of amides is 1. The molecule has 29 heavy (non-hydrogen) atoms. The molecule has 1 aliphatic rings. The van der Waals surface area contributed by atoms with Gasteiger partial charge in [-0.1, -0.05) is 12.1 Å². The third-order valence-corrected chi connectivity index (χ3v) is 5.36. The third kappa shape index (κ3) is 3.49. The molecule has 0 saturated carbocycles. The first-order chi connectivity index (χ1) is 14.0. The van der Waals surface area contributed by atoms with Crippen LogP contribution in [0.4, 0.5) is 0 Å². The molecule has 0 bridgehead atoms. The second kappa shape index (κ2) is 7.67. The largest absolute Gasteiger partial charge is 0.496 e. The summed E-state index contributed by atoms with van der Waals surface area (Å²) in [5.41, 5.74) is 2.60. The number of aryl methyl sites for hydroxylation is 1. The van der Waals surface area contributed by atoms with E-state index >= 15 is 0 Å². The van der Waals surface area contributed by atoms with Crippen molar-refractivity contribution >= 4 is 16.8 Å². The van der Waals surface area contributed by atoms with Crippen LogP contribution in [0.2, 0.25) is 0 Å². The van der Waals surface area contributed by atoms with Gasteiger partial charge in [-0.25, -0.2) is 0 Å². The first-order valence-corrected chi connectivity index (χ1v) is 9.46. The lowest BCUT2D eigenvalue weighted by Crippen LogP contribution is -2.35. The lowest BCUT2D eigenvalue weighted by atomic mass is 10.1. The Bertz CT molecular complexity index is 1060. The average Bonchev–Trinajstić information content (AvgIpc) is 3.31. The van der Waals surface area contributed by atoms with E-state index in [-0.39, 0.29) is 18.7 Å². The van der Waals surface area contributed by atoms with E-state index in [1.54, 1.807) is 7.11 Å². The van der Waals surface area contributed by atoms with Crippen molar-refractivity contribution in [3.8, 4) is 17.2 Å². The minimum absolute atomic E-state index is 0.00216. The zero-order valence-corrected chi connectivity index (χ0v) is 17.1. The molecule has 1 aliphatic heterocycles. The highest BCUT2D eigenvalue weighted by atomic mass is 16.7. The molecule has 1 amide bonds. The lowest BCUT2D eigenvalue weighted by Gasteiger charge is -2.25. The third-order valence-electron chi connectivity index (χ3n) is 5.36. The second-order valence-corrected chi connectivity index (χ2v) is 7.28. The molecule has 1 unspecified atom stereocenters. The van der Waals surface area contributed by atoms with Crippen LogP contribution in [0.3, 0.4) is 0 Å². The van der Waals surface area contributed by atoms with Gasteiger partial charge < -0.3 is 29.0 Å². The molecule has 7 nitrogen and oxygen atoms in total. The highest BCUT2D eigenvalue weighted by molar-refractivity contribution is 6.00. The number of nitrogens with zero attached hydrogens (tertiary/aromatic N) is 2. The number of rotatable bonds is 6. The van der Waals surface area contributed by atoms with E-state index in [4.69, 9.17) is 14.2 Å². The molecule has 1 aromatic heterocycles. The molecule has 3 aromatic rings. The fraction of sp³-hybridized carbons (Fsp3) is 0.318. The van der Waals surface area contributed by atoms with Crippen molar-refractivity contribution in [2.45, 2.75) is 6.04 Å². The maximum Gasteiger partial charge on any atom is 0.268 e. The van der Waals surface area contributed by atoms with Crippen LogP contribution < -0.4 is 19.5 Å². The predicted molar refractivity (Wildman–Crippen MR) is 111 cm³/mol. The minimum Gasteiger partial charge on any atom is -0.496 e. The Morgan fingerprint density at radius 1 is 1.21 bits per heavy atom. The minimum atomic E-state index is -0.127. The van der Waals surface area contributed by atoms with Gasteiger partial charge in [-0.05, 0) is 50.0 Å². The first kappa shape index (κ1) is 19.1. The highest BCUT2D eigenvalue weighted by Crippen LogP contribution is 2.35. The molecule has 1 N–H and O–H groups in total. The molecule has 0 aliphatic carbocycles. The van der Waals surface area contributed by atoms with Gasteiger partial charge in [0.25, 0.3) is 5.91 Å². The molecule has 2 aromatic carbocycles. The van der Waals surface area contributed by atoms with E-state index in [1.807, 2.05) is 68.2 Å². The second-order valence-electron chi connectivity index (χ2n) is 7.28. The summed E-state index contributed by atoms with van der Waals surface area (Å²) in [5, 5.41) is 3.99. The Labute approximate surface area is 169 Å². The van der Waals surface area contributed by atoms with Crippen LogP contribution >= 0.6 is 0 Å². The fourth-order valence-corrected chi connectivity index (χ4v) is 3.73. The normalized spacial score (nSPS) is 13.7. The summed E-state index contributed by atoms with van der Waals surface area (Å²) in [5.74, 6) is 2.11. The number of benzene rings is 2. The smallest absolute Gasteiger partial charge is 0.268 e. The van der Waals surface area contributed by atoms with E-state index in [1.165, 1.54) is 0 Å². The SMILES string of the molecule is COc1cccc2c1cc(C(=O)NCC(c1ccc3c(c1)OCO3)N(C)C)n2C. The number of likely N-dealkylation sites (N-methyl/N-ethyl adjacent to an activating group) is 1. The van der Waals surface area contributed by atoms with Gasteiger partial charge >= 0.3 is 0 Å². The van der Waals surface area contributed by atoms with Crippen molar-refractivity contribution in [1.29, 1.82) is 0 Å². The summed E-state index contributed by atoms with van der Waals surface area (Å²) in [4.78, 5) is 15.0. The van der Waals surface area contributed by atoms with Crippen LogP contribution in [0, 0.1) is 0 Å². The number of aromatic nitrogens is 1. The van der Waals surface area contributed by atoms with Crippen LogP contribution in [0.25, 0.3) is 10.9 Å². The number of methoxy groups -OCH3 is 1. The number of hydrogen-bond acceptors (Lipinski definition) is 5. The summed E-state index contributed by atoms with van der Waals surface area (Å²) in [7, 11) is 7.50. The molecule has 0 fully saturated rings. The van der Waals surface area contributed by atoms with Gasteiger partial charge in [-0.2, -0.15) is 0 Å². The Morgan fingerprint density at radius 3 is 2.76 bits per heavy atom. The van der Waals surface area contributed by atoms with Gasteiger partial charge in [0.15, 0.2) is 11.5 Å². The average molecular weight is 395 g/mol. The number of carbonyl (C=O) groups is 1. The molecule has 7 heteroatoms. The van der Waals surface area contributed by atoms with Gasteiger partial charge in [0, 0.05) is 19.0 Å². The van der Waals surface area contributed by atoms with E-state index in [2.05, 4.69) is 10.2 Å². The zero-order chi connectivity index (χ0) is 20.5. The Morgan fingerprint density at radius 2 is 2.00 bits per heavy atom. The number of hydrogen-bond donors (Lipinski definition) is 1. The predicted octanol–water partition coefficient (Wildman–Crippen LogP) is 2.95. The summed E-state index contributed by atoms with van der Waals surface area (Å²) in [6.45, 7) is 0.705. The van der Waals surface area contributed by atoms with Gasteiger partial charge in [0.1, 0.15) is 11.4 Å². The van der Waals surface area contributed by atoms with Crippen molar-refractivity contribution in [2.75, 3.05) is 34.5 Å². The van der Waals surface area contributed by atoms with Crippen molar-refractivity contribution in [3.63, 3.8) is 0 Å². The van der Waals surface area contributed by atoms with Crippen LogP contribution in [-0.2, 0) is 7.05 Å². The molecule has 0 spiro atoms. The van der Waals surface area contributed by atoms with Gasteiger partial charge in [0.2, 0.25) is 6.79 Å². The van der Waals surface area contributed by atoms with Crippen molar-refractivity contribution in [2.24, 2.45) is 7.05 Å². The number of fused-ring (bicyclic) bond motifs is 2. The van der Waals surface area contributed by atoms with Crippen LogP contribution in [0.5, 0.6) is 17.2 Å². The molecule has 0 radical (unpaired) electrons. The van der Waals surface area contributed by atoms with Crippen LogP contribution in [-0.4, -0.2) is 49.9 Å². The van der Waals surface area contributed by atoms with Gasteiger partial charge in [0.05, 0.1) is 18.7 Å². The summed E-state index contributed by atoms with van der Waals surface area (Å²) in [6.07, 6.45) is 0. The number of nitrogens with one attached hydrogen (secondary N) is 1. The highest BCUT2D eigenvalue weighted by Gasteiger charge is 2.22. The Balaban J connectivity index is 1.55. The van der Waals surface area contributed by atoms with Crippen molar-refractivity contribution in [3.05, 3.63) is 53.7 Å². The Hall–Kier alpha value is -3.19. The standard InChI is InChI=1S/C22H25N3O4/c1-24(2)18(14-8-9-20-21(10-14)29-13-28-20)12-23-22(26)17-11-15-16(25(17)3)6-5-7-19(15)27-4/h5-11,18H,12-13H2,1-4H3,(H,23,26). The van der Waals surface area contributed by atoms with Gasteiger partial charge in [-0.15, -0.1) is 0 Å². The first-order valence-electron chi connectivity index (χ1n) is 9.46. The van der Waals surface area contributed by atoms with Crippen LogP contribution in [0.15, 0.2) is 42.5 Å². The molecule has 2 heterocycles. The van der Waals surface area contributed by atoms with E-state index in [0.29, 0.717) is 12.2 Å². The van der Waals surface area contributed by atoms with Crippen molar-refractivity contribution in [1.82, 2.24) is 14.8 Å². The summed E-state index contributed by atoms with van der Waals surface area (Å²) in [6, 6.07) is 13.5. The summed E-state index contributed by atoms with van der Waals surface area (Å²) < 4.78 is 18.2. The maximum atomic E-state index is 12.9. The molecular formula is C22H25N3O4. The Kier molecular flexibility index (Phi) is 5.07. The number of ether oxygens (including phenoxy) is 3. The molecule has 0 saturated heterocycles. The van der Waals surface area contributed by atoms with Gasteiger partial charge in [-0.3, -0.25) is 4.79 Å². The molecule has 1 atom stereocenters. The molecule has 4 rings (SSSR count). The maximum absolute atomic E-state index is 12.9. The monoisotopic (exact) mass is 395 g/mol. The van der Waals surface area contributed by atoms with Crippen molar-refractivity contribution < 1.29 is 19.0 Å². The zero-order valence-electron chi connectivity index (χ0n) is 17.1. The van der Waals surface area contributed by atoms with E-state index in [0.717, 1.165) is 33.7 Å². The number of carbonyl (C=O) groups excluding carboxylic acids is 1. The molecular weight excluding hydrogens is 370 g/mol. The van der Waals surface area contributed by atoms with E-state index in [9.17, 15) is 4.79 Å². The van der Waals surface area contributed by atoms with Crippen LogP contribution in [0.1, 0.15) is 22.1 Å². The lowest BCUT2D eigenvalue weighted by molar-refractivity contribution is 0.0934.